The molecule has 0 bridgehead atoms. The van der Waals surface area contributed by atoms with E-state index in [2.05, 4.69) is 50.3 Å². The minimum absolute atomic E-state index is 0.0277. The molecule has 322 valence electrons. The van der Waals surface area contributed by atoms with Gasteiger partial charge in [0, 0.05) is 12.8 Å². The van der Waals surface area contributed by atoms with E-state index < -0.39 is 26.5 Å². The summed E-state index contributed by atoms with van der Waals surface area (Å²) in [6.07, 6.45) is 41.8. The SMILES string of the molecule is CCCCC/C=C\C/C=C\C/C=C\CCCCCCC(=O)O[C@H](COC(=O)CCCCCCCCCCCCCCCC)COP(=O)(O)OCC[N+](C)(C)C. The molecule has 55 heavy (non-hydrogen) atoms. The Morgan fingerprint density at radius 2 is 0.982 bits per heavy atom. The van der Waals surface area contributed by atoms with E-state index in [9.17, 15) is 19.0 Å². The number of likely N-dealkylation sites (N-methyl/N-ethyl adjacent to an activating group) is 1. The van der Waals surface area contributed by atoms with Gasteiger partial charge in [-0.25, -0.2) is 4.57 Å². The van der Waals surface area contributed by atoms with Crippen LogP contribution in [0.25, 0.3) is 0 Å². The maximum absolute atomic E-state index is 12.7. The van der Waals surface area contributed by atoms with E-state index in [4.69, 9.17) is 18.5 Å². The van der Waals surface area contributed by atoms with Crippen molar-refractivity contribution in [2.24, 2.45) is 0 Å². The fraction of sp³-hybridized carbons (Fsp3) is 0.822. The molecule has 0 spiro atoms. The van der Waals surface area contributed by atoms with Crippen LogP contribution in [0.5, 0.6) is 0 Å². The molecular formula is C45H85NO8P+. The van der Waals surface area contributed by atoms with Gasteiger partial charge >= 0.3 is 19.8 Å². The van der Waals surface area contributed by atoms with Crippen LogP contribution < -0.4 is 0 Å². The van der Waals surface area contributed by atoms with Gasteiger partial charge in [0.05, 0.1) is 27.7 Å². The van der Waals surface area contributed by atoms with Gasteiger partial charge in [-0.2, -0.15) is 0 Å². The summed E-state index contributed by atoms with van der Waals surface area (Å²) in [6.45, 7) is 4.37. The van der Waals surface area contributed by atoms with Crippen LogP contribution in [0.15, 0.2) is 36.5 Å². The highest BCUT2D eigenvalue weighted by Crippen LogP contribution is 2.43. The van der Waals surface area contributed by atoms with Gasteiger partial charge in [-0.3, -0.25) is 18.6 Å². The van der Waals surface area contributed by atoms with E-state index in [-0.39, 0.29) is 32.0 Å². The number of carbonyl (C=O) groups excluding carboxylic acids is 2. The van der Waals surface area contributed by atoms with E-state index in [1.54, 1.807) is 0 Å². The van der Waals surface area contributed by atoms with Crippen molar-refractivity contribution < 1.29 is 42.1 Å². The van der Waals surface area contributed by atoms with Crippen molar-refractivity contribution in [2.75, 3.05) is 47.5 Å². The molecule has 0 saturated heterocycles. The lowest BCUT2D eigenvalue weighted by molar-refractivity contribution is -0.870. The van der Waals surface area contributed by atoms with Crippen LogP contribution in [0.4, 0.5) is 0 Å². The Kier molecular flexibility index (Phi) is 36.6. The van der Waals surface area contributed by atoms with Crippen molar-refractivity contribution in [2.45, 2.75) is 193 Å². The highest BCUT2D eigenvalue weighted by molar-refractivity contribution is 7.47. The number of phosphoric acid groups is 1. The van der Waals surface area contributed by atoms with Crippen molar-refractivity contribution in [1.82, 2.24) is 0 Å². The van der Waals surface area contributed by atoms with Crippen LogP contribution in [-0.4, -0.2) is 74.9 Å². The summed E-state index contributed by atoms with van der Waals surface area (Å²) >= 11 is 0. The quantitative estimate of drug-likeness (QED) is 0.0215. The zero-order valence-corrected chi connectivity index (χ0v) is 37.1. The Bertz CT molecular complexity index is 1040. The molecule has 0 aliphatic carbocycles. The number of nitrogens with zero attached hydrogens (tertiary/aromatic N) is 1. The second kappa shape index (κ2) is 37.8. The van der Waals surface area contributed by atoms with Crippen molar-refractivity contribution in [3.63, 3.8) is 0 Å². The summed E-state index contributed by atoms with van der Waals surface area (Å²) in [5.74, 6) is -0.820. The van der Waals surface area contributed by atoms with E-state index in [0.717, 1.165) is 57.8 Å². The smallest absolute Gasteiger partial charge is 0.462 e. The first-order chi connectivity index (χ1) is 26.5. The zero-order valence-electron chi connectivity index (χ0n) is 36.2. The van der Waals surface area contributed by atoms with Crippen LogP contribution >= 0.6 is 7.82 Å². The molecule has 2 atom stereocenters. The van der Waals surface area contributed by atoms with E-state index in [0.29, 0.717) is 17.4 Å². The Morgan fingerprint density at radius 3 is 1.49 bits per heavy atom. The molecule has 0 saturated carbocycles. The van der Waals surface area contributed by atoms with Gasteiger partial charge in [-0.15, -0.1) is 0 Å². The highest BCUT2D eigenvalue weighted by Gasteiger charge is 2.27. The van der Waals surface area contributed by atoms with Crippen molar-refractivity contribution in [1.29, 1.82) is 0 Å². The Labute approximate surface area is 338 Å². The summed E-state index contributed by atoms with van der Waals surface area (Å²) in [5.41, 5.74) is 0. The molecule has 1 N–H and O–H groups in total. The predicted molar refractivity (Wildman–Crippen MR) is 229 cm³/mol. The molecule has 0 heterocycles. The molecule has 1 unspecified atom stereocenters. The van der Waals surface area contributed by atoms with Gasteiger partial charge in [0.2, 0.25) is 0 Å². The second-order valence-electron chi connectivity index (χ2n) is 16.1. The molecule has 0 fully saturated rings. The lowest BCUT2D eigenvalue weighted by Gasteiger charge is -2.24. The topological polar surface area (TPSA) is 108 Å². The minimum Gasteiger partial charge on any atom is -0.462 e. The number of unbranched alkanes of at least 4 members (excludes halogenated alkanes) is 20. The lowest BCUT2D eigenvalue weighted by Crippen LogP contribution is -2.37. The molecule has 9 nitrogen and oxygen atoms in total. The normalized spacial score (nSPS) is 13.9. The molecule has 0 aromatic rings. The summed E-state index contributed by atoms with van der Waals surface area (Å²) < 4.78 is 34.3. The van der Waals surface area contributed by atoms with E-state index in [1.165, 1.54) is 96.3 Å². The van der Waals surface area contributed by atoms with Crippen molar-refractivity contribution >= 4 is 19.8 Å². The number of ether oxygens (including phenoxy) is 2. The monoisotopic (exact) mass is 799 g/mol. The largest absolute Gasteiger partial charge is 0.472 e. The molecule has 0 aromatic heterocycles. The summed E-state index contributed by atoms with van der Waals surface area (Å²) in [7, 11) is 1.46. The van der Waals surface area contributed by atoms with Crippen molar-refractivity contribution in [3.8, 4) is 0 Å². The number of carbonyl (C=O) groups is 2. The van der Waals surface area contributed by atoms with Gasteiger partial charge in [0.15, 0.2) is 6.10 Å². The summed E-state index contributed by atoms with van der Waals surface area (Å²) in [6, 6.07) is 0. The number of quaternary nitrogens is 1. The Balaban J connectivity index is 4.40. The molecule has 0 rings (SSSR count). The maximum Gasteiger partial charge on any atom is 0.472 e. The average molecular weight is 799 g/mol. The van der Waals surface area contributed by atoms with Gasteiger partial charge in [-0.05, 0) is 51.4 Å². The van der Waals surface area contributed by atoms with Crippen molar-refractivity contribution in [3.05, 3.63) is 36.5 Å². The third-order valence-electron chi connectivity index (χ3n) is 9.42. The molecule has 0 aromatic carbocycles. The summed E-state index contributed by atoms with van der Waals surface area (Å²) in [4.78, 5) is 35.3. The van der Waals surface area contributed by atoms with Gasteiger partial charge in [0.1, 0.15) is 19.8 Å². The Morgan fingerprint density at radius 1 is 0.564 bits per heavy atom. The third-order valence-corrected chi connectivity index (χ3v) is 10.4. The van der Waals surface area contributed by atoms with E-state index in [1.807, 2.05) is 21.1 Å². The fourth-order valence-corrected chi connectivity index (χ4v) is 6.64. The third kappa shape index (κ3) is 41.7. The fourth-order valence-electron chi connectivity index (χ4n) is 5.90. The number of hydrogen-bond acceptors (Lipinski definition) is 7. The molecular weight excluding hydrogens is 713 g/mol. The number of hydrogen-bond donors (Lipinski definition) is 1. The van der Waals surface area contributed by atoms with Crippen LogP contribution in [-0.2, 0) is 32.7 Å². The highest BCUT2D eigenvalue weighted by atomic mass is 31.2. The van der Waals surface area contributed by atoms with Crippen LogP contribution in [0, 0.1) is 0 Å². The standard InChI is InChI=1S/C45H84NO8P/c1-6-8-10-12-14-16-18-20-22-23-24-26-28-30-32-34-36-38-45(48)54-43(42-53-55(49,50)52-40-39-46(3,4)5)41-51-44(47)37-35-33-31-29-27-25-21-19-17-15-13-11-9-7-2/h14,16,20,22,24,26,43H,6-13,15,17-19,21,23,25,27-42H2,1-5H3/p+1/b16-14-,22-20-,26-24-/t43-/m1/s1. The summed E-state index contributed by atoms with van der Waals surface area (Å²) in [5, 5.41) is 0. The number of rotatable bonds is 40. The van der Waals surface area contributed by atoms with Crippen LogP contribution in [0.2, 0.25) is 0 Å². The van der Waals surface area contributed by atoms with Gasteiger partial charge < -0.3 is 18.9 Å². The molecule has 0 aliphatic rings. The molecule has 10 heteroatoms. The molecule has 0 amide bonds. The lowest BCUT2D eigenvalue weighted by atomic mass is 10.0. The van der Waals surface area contributed by atoms with Gasteiger partial charge in [-0.1, -0.05) is 159 Å². The van der Waals surface area contributed by atoms with E-state index >= 15 is 0 Å². The van der Waals surface area contributed by atoms with Crippen LogP contribution in [0.3, 0.4) is 0 Å². The first-order valence-electron chi connectivity index (χ1n) is 22.2. The zero-order chi connectivity index (χ0) is 40.7. The number of phosphoric ester groups is 1. The number of esters is 2. The Hall–Kier alpha value is -1.77. The second-order valence-corrected chi connectivity index (χ2v) is 17.5. The molecule has 0 radical (unpaired) electrons. The first-order valence-corrected chi connectivity index (χ1v) is 23.7. The maximum atomic E-state index is 12.7. The predicted octanol–water partition coefficient (Wildman–Crippen LogP) is 12.5. The minimum atomic E-state index is -4.38. The van der Waals surface area contributed by atoms with Gasteiger partial charge in [0.25, 0.3) is 0 Å². The van der Waals surface area contributed by atoms with Crippen LogP contribution in [0.1, 0.15) is 187 Å². The average Bonchev–Trinajstić information content (AvgIpc) is 3.13. The molecule has 0 aliphatic heterocycles. The number of allylic oxidation sites excluding steroid dienone is 6. The first kappa shape index (κ1) is 53.2.